The van der Waals surface area contributed by atoms with Gasteiger partial charge in [0.2, 0.25) is 5.91 Å². The van der Waals surface area contributed by atoms with E-state index in [1.165, 1.54) is 16.7 Å². The SMILES string of the molecule is CCCCCN(CCCNC(=O)CCc1ccc(C)c(C)c1)C(=O)OCc1ccccc1. The third-order valence-corrected chi connectivity index (χ3v) is 5.63. The number of hydrogen-bond donors (Lipinski definition) is 1. The molecule has 5 nitrogen and oxygen atoms in total. The number of ether oxygens (including phenoxy) is 1. The first-order chi connectivity index (χ1) is 15.5. The third-order valence-electron chi connectivity index (χ3n) is 5.63. The number of nitrogens with one attached hydrogen (secondary N) is 1. The van der Waals surface area contributed by atoms with Gasteiger partial charge in [-0.15, -0.1) is 0 Å². The molecule has 0 fully saturated rings. The molecule has 0 saturated carbocycles. The van der Waals surface area contributed by atoms with Gasteiger partial charge in [-0.1, -0.05) is 68.3 Å². The highest BCUT2D eigenvalue weighted by molar-refractivity contribution is 5.76. The van der Waals surface area contributed by atoms with Crippen LogP contribution in [0.5, 0.6) is 0 Å². The molecule has 0 unspecified atom stereocenters. The third kappa shape index (κ3) is 9.54. The molecule has 5 heteroatoms. The molecule has 0 spiro atoms. The largest absolute Gasteiger partial charge is 0.445 e. The lowest BCUT2D eigenvalue weighted by Crippen LogP contribution is -2.35. The summed E-state index contributed by atoms with van der Waals surface area (Å²) in [5, 5.41) is 2.98. The number of unbranched alkanes of at least 4 members (excludes halogenated alkanes) is 2. The van der Waals surface area contributed by atoms with E-state index in [1.807, 2.05) is 30.3 Å². The average molecular weight is 439 g/mol. The van der Waals surface area contributed by atoms with E-state index < -0.39 is 0 Å². The number of hydrogen-bond acceptors (Lipinski definition) is 3. The lowest BCUT2D eigenvalue weighted by atomic mass is 10.0. The zero-order valence-electron chi connectivity index (χ0n) is 19.9. The second-order valence-corrected chi connectivity index (χ2v) is 8.36. The molecule has 2 rings (SSSR count). The van der Waals surface area contributed by atoms with Crippen molar-refractivity contribution >= 4 is 12.0 Å². The van der Waals surface area contributed by atoms with E-state index in [2.05, 4.69) is 44.3 Å². The first-order valence-electron chi connectivity index (χ1n) is 11.8. The Labute approximate surface area is 193 Å². The van der Waals surface area contributed by atoms with Crippen molar-refractivity contribution in [2.24, 2.45) is 0 Å². The minimum Gasteiger partial charge on any atom is -0.445 e. The summed E-state index contributed by atoms with van der Waals surface area (Å²) in [5.41, 5.74) is 4.69. The molecule has 0 radical (unpaired) electrons. The number of nitrogens with zero attached hydrogens (tertiary/aromatic N) is 1. The fourth-order valence-corrected chi connectivity index (χ4v) is 3.46. The zero-order chi connectivity index (χ0) is 23.2. The first kappa shape index (κ1) is 25.4. The molecular weight excluding hydrogens is 400 g/mol. The summed E-state index contributed by atoms with van der Waals surface area (Å²) in [6, 6.07) is 16.0. The molecule has 0 saturated heterocycles. The van der Waals surface area contributed by atoms with Crippen molar-refractivity contribution < 1.29 is 14.3 Å². The van der Waals surface area contributed by atoms with Crippen LogP contribution >= 0.6 is 0 Å². The van der Waals surface area contributed by atoms with Gasteiger partial charge in [0.15, 0.2) is 0 Å². The van der Waals surface area contributed by atoms with E-state index in [0.29, 0.717) is 32.5 Å². The zero-order valence-corrected chi connectivity index (χ0v) is 19.9. The molecule has 1 N–H and O–H groups in total. The second kappa shape index (κ2) is 14.3. The van der Waals surface area contributed by atoms with E-state index in [9.17, 15) is 9.59 Å². The van der Waals surface area contributed by atoms with Gasteiger partial charge in [-0.25, -0.2) is 4.79 Å². The van der Waals surface area contributed by atoms with Crippen molar-refractivity contribution in [1.82, 2.24) is 10.2 Å². The fraction of sp³-hybridized carbons (Fsp3) is 0.481. The van der Waals surface area contributed by atoms with Crippen LogP contribution in [0.1, 0.15) is 61.3 Å². The Morgan fingerprint density at radius 1 is 0.906 bits per heavy atom. The molecule has 32 heavy (non-hydrogen) atoms. The van der Waals surface area contributed by atoms with Gasteiger partial charge in [-0.2, -0.15) is 0 Å². The lowest BCUT2D eigenvalue weighted by molar-refractivity contribution is -0.121. The number of carbonyl (C=O) groups excluding carboxylic acids is 2. The Morgan fingerprint density at radius 3 is 2.38 bits per heavy atom. The lowest BCUT2D eigenvalue weighted by Gasteiger charge is -2.22. The standard InChI is InChI=1S/C27H38N2O3/c1-4-5-9-18-29(27(31)32-21-25-11-7-6-8-12-25)19-10-17-28-26(30)16-15-24-14-13-22(2)23(3)20-24/h6-8,11-14,20H,4-5,9-10,15-19,21H2,1-3H3,(H,28,30). The molecule has 0 aliphatic rings. The minimum absolute atomic E-state index is 0.0485. The molecule has 0 heterocycles. The Balaban J connectivity index is 1.71. The van der Waals surface area contributed by atoms with Crippen molar-refractivity contribution in [3.63, 3.8) is 0 Å². The van der Waals surface area contributed by atoms with Gasteiger partial charge in [0, 0.05) is 26.1 Å². The Morgan fingerprint density at radius 2 is 1.66 bits per heavy atom. The van der Waals surface area contributed by atoms with Crippen molar-refractivity contribution in [3.8, 4) is 0 Å². The average Bonchev–Trinajstić information content (AvgIpc) is 2.80. The molecule has 2 aromatic rings. The molecule has 174 valence electrons. The molecule has 0 aromatic heterocycles. The number of carbonyl (C=O) groups is 2. The molecular formula is C27H38N2O3. The highest BCUT2D eigenvalue weighted by Crippen LogP contribution is 2.11. The van der Waals surface area contributed by atoms with Crippen LogP contribution in [0.25, 0.3) is 0 Å². The van der Waals surface area contributed by atoms with E-state index in [-0.39, 0.29) is 18.6 Å². The van der Waals surface area contributed by atoms with E-state index >= 15 is 0 Å². The topological polar surface area (TPSA) is 58.6 Å². The predicted molar refractivity (Wildman–Crippen MR) is 130 cm³/mol. The van der Waals surface area contributed by atoms with Crippen LogP contribution < -0.4 is 5.32 Å². The molecule has 0 bridgehead atoms. The van der Waals surface area contributed by atoms with Gasteiger partial charge >= 0.3 is 6.09 Å². The number of benzene rings is 2. The maximum absolute atomic E-state index is 12.6. The van der Waals surface area contributed by atoms with Gasteiger partial charge in [-0.05, 0) is 55.4 Å². The first-order valence-corrected chi connectivity index (χ1v) is 11.8. The molecule has 0 atom stereocenters. The van der Waals surface area contributed by atoms with Crippen LogP contribution in [0.2, 0.25) is 0 Å². The highest BCUT2D eigenvalue weighted by atomic mass is 16.6. The van der Waals surface area contributed by atoms with Gasteiger partial charge < -0.3 is 15.0 Å². The van der Waals surface area contributed by atoms with Crippen LogP contribution in [-0.4, -0.2) is 36.5 Å². The predicted octanol–water partition coefficient (Wildman–Crippen LogP) is 5.57. The van der Waals surface area contributed by atoms with Crippen LogP contribution in [0.3, 0.4) is 0 Å². The summed E-state index contributed by atoms with van der Waals surface area (Å²) in [6.45, 7) is 8.43. The highest BCUT2D eigenvalue weighted by Gasteiger charge is 2.14. The monoisotopic (exact) mass is 438 g/mol. The summed E-state index contributed by atoms with van der Waals surface area (Å²) in [6.07, 6.45) is 4.78. The number of rotatable bonds is 13. The maximum Gasteiger partial charge on any atom is 0.410 e. The van der Waals surface area contributed by atoms with Crippen molar-refractivity contribution in [3.05, 3.63) is 70.8 Å². The van der Waals surface area contributed by atoms with Gasteiger partial charge in [0.25, 0.3) is 0 Å². The normalized spacial score (nSPS) is 10.6. The summed E-state index contributed by atoms with van der Waals surface area (Å²) in [7, 11) is 0. The van der Waals surface area contributed by atoms with Crippen molar-refractivity contribution in [2.45, 2.75) is 65.9 Å². The number of aryl methyl sites for hydroxylation is 3. The molecule has 0 aliphatic carbocycles. The number of amides is 2. The Bertz CT molecular complexity index is 836. The van der Waals surface area contributed by atoms with Gasteiger partial charge in [0.1, 0.15) is 6.61 Å². The van der Waals surface area contributed by atoms with Crippen LogP contribution in [0.15, 0.2) is 48.5 Å². The second-order valence-electron chi connectivity index (χ2n) is 8.36. The van der Waals surface area contributed by atoms with E-state index in [4.69, 9.17) is 4.74 Å². The minimum atomic E-state index is -0.286. The quantitative estimate of drug-likeness (QED) is 0.416. The van der Waals surface area contributed by atoms with Gasteiger partial charge in [-0.3, -0.25) is 4.79 Å². The van der Waals surface area contributed by atoms with Crippen LogP contribution in [0, 0.1) is 13.8 Å². The molecule has 2 aromatic carbocycles. The fourth-order valence-electron chi connectivity index (χ4n) is 3.46. The smallest absolute Gasteiger partial charge is 0.410 e. The summed E-state index contributed by atoms with van der Waals surface area (Å²) >= 11 is 0. The van der Waals surface area contributed by atoms with E-state index in [0.717, 1.165) is 31.2 Å². The summed E-state index contributed by atoms with van der Waals surface area (Å²) < 4.78 is 5.50. The Kier molecular flexibility index (Phi) is 11.4. The van der Waals surface area contributed by atoms with E-state index in [1.54, 1.807) is 4.90 Å². The summed E-state index contributed by atoms with van der Waals surface area (Å²) in [5.74, 6) is 0.0485. The Hall–Kier alpha value is -2.82. The molecule has 0 aliphatic heterocycles. The van der Waals surface area contributed by atoms with Crippen LogP contribution in [-0.2, 0) is 22.6 Å². The van der Waals surface area contributed by atoms with Crippen molar-refractivity contribution in [2.75, 3.05) is 19.6 Å². The van der Waals surface area contributed by atoms with Gasteiger partial charge in [0.05, 0.1) is 0 Å². The molecule has 2 amide bonds. The maximum atomic E-state index is 12.6. The van der Waals surface area contributed by atoms with Crippen molar-refractivity contribution in [1.29, 1.82) is 0 Å². The van der Waals surface area contributed by atoms with Crippen LogP contribution in [0.4, 0.5) is 4.79 Å². The summed E-state index contributed by atoms with van der Waals surface area (Å²) in [4.78, 5) is 26.5.